The van der Waals surface area contributed by atoms with Crippen molar-refractivity contribution >= 4 is 17.8 Å². The molecule has 11 nitrogen and oxygen atoms in total. The molecule has 6 unspecified atom stereocenters. The fourth-order valence-electron chi connectivity index (χ4n) is 1.93. The predicted octanol–water partition coefficient (Wildman–Crippen LogP) is -4.35. The predicted molar refractivity (Wildman–Crippen MR) is 62.4 cm³/mol. The highest BCUT2D eigenvalue weighted by atomic mass is 16.7. The lowest BCUT2D eigenvalue weighted by Crippen LogP contribution is -2.60. The van der Waals surface area contributed by atoms with E-state index in [2.05, 4.69) is 10.1 Å². The topological polar surface area (TPSA) is 173 Å². The molecule has 0 aliphatic carbocycles. The average molecular weight is 305 g/mol. The molecule has 2 heterocycles. The lowest BCUT2D eigenvalue weighted by Gasteiger charge is -2.37. The van der Waals surface area contributed by atoms with E-state index in [0.29, 0.717) is 0 Å². The van der Waals surface area contributed by atoms with Crippen molar-refractivity contribution < 1.29 is 39.5 Å². The number of ether oxygens (including phenoxy) is 2. The molecule has 2 rings (SSSR count). The molecule has 11 heteroatoms. The van der Waals surface area contributed by atoms with Gasteiger partial charge >= 0.3 is 5.97 Å². The molecule has 2 aliphatic rings. The number of rotatable bonds is 2. The number of esters is 1. The first-order valence-electron chi connectivity index (χ1n) is 5.94. The number of guanidine groups is 1. The third-order valence-electron chi connectivity index (χ3n) is 3.22. The van der Waals surface area contributed by atoms with Crippen molar-refractivity contribution in [1.29, 1.82) is 5.41 Å². The van der Waals surface area contributed by atoms with Crippen LogP contribution in [0.2, 0.25) is 0 Å². The highest BCUT2D eigenvalue weighted by molar-refractivity contribution is 6.04. The van der Waals surface area contributed by atoms with Crippen LogP contribution in [0.3, 0.4) is 0 Å². The molecule has 0 aromatic carbocycles. The maximum absolute atomic E-state index is 11.9. The van der Waals surface area contributed by atoms with E-state index in [0.717, 1.165) is 4.90 Å². The van der Waals surface area contributed by atoms with Gasteiger partial charge in [-0.15, -0.1) is 0 Å². The molecule has 0 saturated carbocycles. The monoisotopic (exact) mass is 305 g/mol. The minimum Gasteiger partial charge on any atom is -0.430 e. The van der Waals surface area contributed by atoms with Crippen molar-refractivity contribution in [3.63, 3.8) is 0 Å². The second-order valence-electron chi connectivity index (χ2n) is 4.66. The first-order chi connectivity index (χ1) is 9.73. The highest BCUT2D eigenvalue weighted by Gasteiger charge is 2.48. The van der Waals surface area contributed by atoms with Gasteiger partial charge < -0.3 is 34.8 Å². The summed E-state index contributed by atoms with van der Waals surface area (Å²) in [4.78, 5) is 24.4. The zero-order chi connectivity index (χ0) is 15.9. The SMILES string of the molecule is CN1C(=N)NC(=O)C1OC(=O)C1OC(O)C(O)C(O)C1O. The number of aliphatic hydroxyl groups is 4. The maximum atomic E-state index is 11.9. The molecule has 118 valence electrons. The molecule has 6 N–H and O–H groups in total. The lowest BCUT2D eigenvalue weighted by atomic mass is 9.99. The molecule has 0 radical (unpaired) electrons. The zero-order valence-corrected chi connectivity index (χ0v) is 10.8. The first-order valence-corrected chi connectivity index (χ1v) is 5.94. The summed E-state index contributed by atoms with van der Waals surface area (Å²) >= 11 is 0. The van der Waals surface area contributed by atoms with Gasteiger partial charge in [0.2, 0.25) is 5.96 Å². The summed E-state index contributed by atoms with van der Waals surface area (Å²) < 4.78 is 9.46. The second-order valence-corrected chi connectivity index (χ2v) is 4.66. The van der Waals surface area contributed by atoms with E-state index in [4.69, 9.17) is 10.1 Å². The standard InChI is InChI=1S/C10H15N3O8/c1-13-7(6(17)12-10(13)11)21-9(19)5-3(15)2(14)4(16)8(18)20-5/h2-5,7-8,14-16,18H,1H3,(H2,11,12,17). The summed E-state index contributed by atoms with van der Waals surface area (Å²) in [6.45, 7) is 0. The van der Waals surface area contributed by atoms with E-state index in [1.165, 1.54) is 7.05 Å². The molecule has 2 fully saturated rings. The number of carbonyl (C=O) groups excluding carboxylic acids is 2. The van der Waals surface area contributed by atoms with Crippen LogP contribution in [0.5, 0.6) is 0 Å². The number of nitrogens with one attached hydrogen (secondary N) is 2. The second kappa shape index (κ2) is 5.54. The zero-order valence-electron chi connectivity index (χ0n) is 10.8. The van der Waals surface area contributed by atoms with E-state index in [1.807, 2.05) is 0 Å². The third kappa shape index (κ3) is 2.69. The van der Waals surface area contributed by atoms with E-state index < -0.39 is 48.8 Å². The van der Waals surface area contributed by atoms with Crippen molar-refractivity contribution in [2.75, 3.05) is 7.05 Å². The van der Waals surface area contributed by atoms with Crippen molar-refractivity contribution in [1.82, 2.24) is 10.2 Å². The maximum Gasteiger partial charge on any atom is 0.340 e. The van der Waals surface area contributed by atoms with Gasteiger partial charge in [0.1, 0.15) is 18.3 Å². The fraction of sp³-hybridized carbons (Fsp3) is 0.700. The molecular weight excluding hydrogens is 290 g/mol. The van der Waals surface area contributed by atoms with E-state index >= 15 is 0 Å². The van der Waals surface area contributed by atoms with Crippen molar-refractivity contribution in [2.45, 2.75) is 36.9 Å². The molecular formula is C10H15N3O8. The number of hydrogen-bond acceptors (Lipinski definition) is 9. The summed E-state index contributed by atoms with van der Waals surface area (Å²) in [6.07, 6.45) is -10.6. The van der Waals surface area contributed by atoms with Gasteiger partial charge in [-0.3, -0.25) is 15.5 Å². The van der Waals surface area contributed by atoms with Crippen molar-refractivity contribution in [3.8, 4) is 0 Å². The Bertz CT molecular complexity index is 471. The van der Waals surface area contributed by atoms with Crippen molar-refractivity contribution in [2.24, 2.45) is 0 Å². The van der Waals surface area contributed by atoms with Crippen molar-refractivity contribution in [3.05, 3.63) is 0 Å². The van der Waals surface area contributed by atoms with Crippen LogP contribution in [0.4, 0.5) is 0 Å². The molecule has 6 atom stereocenters. The molecule has 2 aliphatic heterocycles. The smallest absolute Gasteiger partial charge is 0.340 e. The van der Waals surface area contributed by atoms with Gasteiger partial charge in [-0.25, -0.2) is 4.79 Å². The summed E-state index contributed by atoms with van der Waals surface area (Å²) in [5.74, 6) is -2.27. The van der Waals surface area contributed by atoms with Gasteiger partial charge in [0.15, 0.2) is 12.4 Å². The molecule has 0 bridgehead atoms. The Morgan fingerprint density at radius 3 is 2.43 bits per heavy atom. The third-order valence-corrected chi connectivity index (χ3v) is 3.22. The molecule has 0 spiro atoms. The first kappa shape index (κ1) is 15.6. The number of amides is 1. The van der Waals surface area contributed by atoms with Crippen LogP contribution in [-0.4, -0.2) is 87.1 Å². The Morgan fingerprint density at radius 2 is 1.90 bits per heavy atom. The summed E-state index contributed by atoms with van der Waals surface area (Å²) in [5, 5.41) is 47.2. The molecule has 2 saturated heterocycles. The molecule has 21 heavy (non-hydrogen) atoms. The number of likely N-dealkylation sites (N-methyl/N-ethyl adjacent to an activating group) is 1. The Hall–Kier alpha value is -1.79. The Kier molecular flexibility index (Phi) is 4.11. The molecule has 0 aromatic heterocycles. The van der Waals surface area contributed by atoms with Gasteiger partial charge in [0.05, 0.1) is 0 Å². The number of hydrogen-bond donors (Lipinski definition) is 6. The van der Waals surface area contributed by atoms with E-state index in [1.54, 1.807) is 0 Å². The fourth-order valence-corrected chi connectivity index (χ4v) is 1.93. The number of nitrogens with zero attached hydrogens (tertiary/aromatic N) is 1. The Morgan fingerprint density at radius 1 is 1.29 bits per heavy atom. The van der Waals surface area contributed by atoms with Gasteiger partial charge in [-0.1, -0.05) is 0 Å². The van der Waals surface area contributed by atoms with Gasteiger partial charge in [-0.05, 0) is 0 Å². The van der Waals surface area contributed by atoms with Crippen LogP contribution in [0, 0.1) is 5.41 Å². The average Bonchev–Trinajstić information content (AvgIpc) is 2.67. The van der Waals surface area contributed by atoms with Gasteiger partial charge in [0, 0.05) is 7.05 Å². The van der Waals surface area contributed by atoms with E-state index in [-0.39, 0.29) is 5.96 Å². The van der Waals surface area contributed by atoms with E-state index in [9.17, 15) is 30.0 Å². The minimum absolute atomic E-state index is 0.279. The summed E-state index contributed by atoms with van der Waals surface area (Å²) in [5.41, 5.74) is 0. The summed E-state index contributed by atoms with van der Waals surface area (Å²) in [6, 6.07) is 0. The van der Waals surface area contributed by atoms with Crippen LogP contribution in [0.25, 0.3) is 0 Å². The Balaban J connectivity index is 2.06. The van der Waals surface area contributed by atoms with Gasteiger partial charge in [-0.2, -0.15) is 0 Å². The number of aliphatic hydroxyl groups excluding tert-OH is 4. The molecule has 0 aromatic rings. The minimum atomic E-state index is -1.89. The summed E-state index contributed by atoms with van der Waals surface area (Å²) in [7, 11) is 1.32. The van der Waals surface area contributed by atoms with Crippen LogP contribution in [0.15, 0.2) is 0 Å². The van der Waals surface area contributed by atoms with Crippen LogP contribution in [-0.2, 0) is 19.1 Å². The van der Waals surface area contributed by atoms with Crippen LogP contribution < -0.4 is 5.32 Å². The largest absolute Gasteiger partial charge is 0.430 e. The van der Waals surface area contributed by atoms with Gasteiger partial charge in [0.25, 0.3) is 12.1 Å². The lowest BCUT2D eigenvalue weighted by molar-refractivity contribution is -0.282. The Labute approximate surface area is 118 Å². The van der Waals surface area contributed by atoms with Crippen LogP contribution in [0.1, 0.15) is 0 Å². The molecule has 1 amide bonds. The number of carbonyl (C=O) groups is 2. The normalized spacial score (nSPS) is 40.1. The van der Waals surface area contributed by atoms with Crippen LogP contribution >= 0.6 is 0 Å². The highest BCUT2D eigenvalue weighted by Crippen LogP contribution is 2.21. The quantitative estimate of drug-likeness (QED) is 0.276.